The molecule has 2 aliphatic heterocycles. The molecule has 2 aliphatic rings. The van der Waals surface area contributed by atoms with Crippen molar-refractivity contribution in [3.8, 4) is 0 Å². The Morgan fingerprint density at radius 2 is 2.00 bits per heavy atom. The Morgan fingerprint density at radius 3 is 2.59 bits per heavy atom. The number of aliphatic hydroxyl groups is 1. The first-order chi connectivity index (χ1) is 10.5. The van der Waals surface area contributed by atoms with Crippen molar-refractivity contribution in [1.82, 2.24) is 9.80 Å². The summed E-state index contributed by atoms with van der Waals surface area (Å²) in [6, 6.07) is 0.486. The van der Waals surface area contributed by atoms with Crippen LogP contribution in [0.2, 0.25) is 0 Å². The largest absolute Gasteiger partial charge is 0.395 e. The van der Waals surface area contributed by atoms with E-state index in [9.17, 15) is 4.79 Å². The molecule has 0 aromatic rings. The van der Waals surface area contributed by atoms with Crippen LogP contribution in [0.4, 0.5) is 0 Å². The van der Waals surface area contributed by atoms with E-state index in [1.54, 1.807) is 0 Å². The molecule has 2 rings (SSSR count). The monoisotopic (exact) mass is 312 g/mol. The molecule has 2 fully saturated rings. The van der Waals surface area contributed by atoms with Gasteiger partial charge in [0, 0.05) is 32.3 Å². The zero-order chi connectivity index (χ0) is 16.1. The Hall–Kier alpha value is -0.650. The highest BCUT2D eigenvalue weighted by molar-refractivity contribution is 5.79. The van der Waals surface area contributed by atoms with Crippen molar-refractivity contribution in [2.45, 2.75) is 51.7 Å². The molecule has 0 spiro atoms. The Kier molecular flexibility index (Phi) is 6.66. The van der Waals surface area contributed by atoms with Gasteiger partial charge in [-0.1, -0.05) is 13.8 Å². The minimum absolute atomic E-state index is 0.0421. The molecular weight excluding hydrogens is 280 g/mol. The second kappa shape index (κ2) is 8.27. The van der Waals surface area contributed by atoms with Gasteiger partial charge in [-0.25, -0.2) is 0 Å². The fourth-order valence-electron chi connectivity index (χ4n) is 3.83. The summed E-state index contributed by atoms with van der Waals surface area (Å²) in [6.07, 6.45) is 4.04. The summed E-state index contributed by atoms with van der Waals surface area (Å²) in [5.41, 5.74) is 0. The van der Waals surface area contributed by atoms with Crippen molar-refractivity contribution in [2.75, 3.05) is 39.9 Å². The van der Waals surface area contributed by atoms with E-state index < -0.39 is 0 Å². The molecule has 2 atom stereocenters. The van der Waals surface area contributed by atoms with Crippen molar-refractivity contribution in [3.05, 3.63) is 0 Å². The highest BCUT2D eigenvalue weighted by Crippen LogP contribution is 2.29. The van der Waals surface area contributed by atoms with Crippen LogP contribution < -0.4 is 0 Å². The van der Waals surface area contributed by atoms with Crippen LogP contribution in [0.5, 0.6) is 0 Å². The molecule has 0 unspecified atom stereocenters. The molecule has 0 aromatic heterocycles. The van der Waals surface area contributed by atoms with E-state index in [4.69, 9.17) is 9.84 Å². The average Bonchev–Trinajstić information content (AvgIpc) is 2.54. The maximum Gasteiger partial charge on any atom is 0.228 e. The quantitative estimate of drug-likeness (QED) is 0.833. The van der Waals surface area contributed by atoms with E-state index >= 15 is 0 Å². The van der Waals surface area contributed by atoms with E-state index in [-0.39, 0.29) is 18.6 Å². The number of carbonyl (C=O) groups excluding carboxylic acids is 1. The van der Waals surface area contributed by atoms with Gasteiger partial charge in [0.05, 0.1) is 18.6 Å². The smallest absolute Gasteiger partial charge is 0.228 e. The van der Waals surface area contributed by atoms with Crippen molar-refractivity contribution < 1.29 is 14.6 Å². The number of nitrogens with zero attached hydrogens (tertiary/aromatic N) is 2. The summed E-state index contributed by atoms with van der Waals surface area (Å²) in [6.45, 7) is 7.66. The number of hydrogen-bond acceptors (Lipinski definition) is 4. The number of ether oxygens (including phenoxy) is 1. The number of amides is 1. The van der Waals surface area contributed by atoms with Gasteiger partial charge in [0.25, 0.3) is 0 Å². The summed E-state index contributed by atoms with van der Waals surface area (Å²) < 4.78 is 5.87. The maximum atomic E-state index is 12.9. The van der Waals surface area contributed by atoms with Crippen molar-refractivity contribution in [1.29, 1.82) is 0 Å². The van der Waals surface area contributed by atoms with Gasteiger partial charge in [-0.3, -0.25) is 4.79 Å². The average molecular weight is 312 g/mol. The molecule has 0 aromatic carbocycles. The van der Waals surface area contributed by atoms with Gasteiger partial charge >= 0.3 is 0 Å². The summed E-state index contributed by atoms with van der Waals surface area (Å²) in [7, 11) is 2.06. The number of aliphatic hydroxyl groups excluding tert-OH is 1. The highest BCUT2D eigenvalue weighted by atomic mass is 16.5. The van der Waals surface area contributed by atoms with Gasteiger partial charge in [-0.05, 0) is 38.6 Å². The third-order valence-corrected chi connectivity index (χ3v) is 5.19. The molecule has 5 heteroatoms. The first-order valence-corrected chi connectivity index (χ1v) is 8.76. The third kappa shape index (κ3) is 4.21. The summed E-state index contributed by atoms with van der Waals surface area (Å²) in [5.74, 6) is 0.726. The molecule has 0 bridgehead atoms. The van der Waals surface area contributed by atoms with E-state index in [0.29, 0.717) is 24.4 Å². The van der Waals surface area contributed by atoms with Crippen LogP contribution >= 0.6 is 0 Å². The van der Waals surface area contributed by atoms with Gasteiger partial charge in [-0.2, -0.15) is 0 Å². The summed E-state index contributed by atoms with van der Waals surface area (Å²) in [5, 5.41) is 9.04. The first-order valence-electron chi connectivity index (χ1n) is 8.76. The second-order valence-electron chi connectivity index (χ2n) is 7.09. The topological polar surface area (TPSA) is 53.0 Å². The lowest BCUT2D eigenvalue weighted by atomic mass is 9.86. The van der Waals surface area contributed by atoms with E-state index in [2.05, 4.69) is 25.8 Å². The lowest BCUT2D eigenvalue weighted by molar-refractivity contribution is -0.149. The van der Waals surface area contributed by atoms with Crippen molar-refractivity contribution in [2.24, 2.45) is 11.8 Å². The number of rotatable bonds is 5. The lowest BCUT2D eigenvalue weighted by Gasteiger charge is -2.40. The Bertz CT molecular complexity index is 354. The Balaban J connectivity index is 1.88. The zero-order valence-electron chi connectivity index (χ0n) is 14.3. The molecule has 5 nitrogen and oxygen atoms in total. The maximum absolute atomic E-state index is 12.9. The van der Waals surface area contributed by atoms with Crippen LogP contribution in [0.25, 0.3) is 0 Å². The Morgan fingerprint density at radius 1 is 1.32 bits per heavy atom. The third-order valence-electron chi connectivity index (χ3n) is 5.19. The predicted octanol–water partition coefficient (Wildman–Crippen LogP) is 1.35. The fourth-order valence-corrected chi connectivity index (χ4v) is 3.83. The van der Waals surface area contributed by atoms with Crippen LogP contribution in [0.1, 0.15) is 39.5 Å². The molecular formula is C17H32N2O3. The molecule has 0 radical (unpaired) electrons. The van der Waals surface area contributed by atoms with Crippen LogP contribution in [0.15, 0.2) is 0 Å². The van der Waals surface area contributed by atoms with Crippen LogP contribution in [-0.2, 0) is 9.53 Å². The van der Waals surface area contributed by atoms with Gasteiger partial charge in [0.2, 0.25) is 5.91 Å². The Labute approximate surface area is 134 Å². The van der Waals surface area contributed by atoms with Crippen molar-refractivity contribution >= 4 is 5.91 Å². The summed E-state index contributed by atoms with van der Waals surface area (Å²) >= 11 is 0. The molecule has 0 saturated carbocycles. The van der Waals surface area contributed by atoms with E-state index in [1.807, 2.05) is 4.90 Å². The van der Waals surface area contributed by atoms with Crippen molar-refractivity contribution in [3.63, 3.8) is 0 Å². The standard InChI is InChI=1S/C17H32N2O3/c1-13(2)16-15(5-4-12-22-16)17(21)19-8-6-14(7-9-19)18(3)10-11-20/h13-16,20H,4-12H2,1-3H3/t15-,16-/m1/s1. The first kappa shape index (κ1) is 17.7. The van der Waals surface area contributed by atoms with E-state index in [0.717, 1.165) is 45.4 Å². The van der Waals surface area contributed by atoms with Crippen LogP contribution in [-0.4, -0.2) is 72.9 Å². The predicted molar refractivity (Wildman–Crippen MR) is 86.6 cm³/mol. The molecule has 2 heterocycles. The van der Waals surface area contributed by atoms with Gasteiger partial charge in [0.1, 0.15) is 0 Å². The number of piperidine rings is 1. The second-order valence-corrected chi connectivity index (χ2v) is 7.09. The number of carbonyl (C=O) groups is 1. The van der Waals surface area contributed by atoms with Crippen LogP contribution in [0, 0.1) is 11.8 Å². The zero-order valence-corrected chi connectivity index (χ0v) is 14.3. The fraction of sp³-hybridized carbons (Fsp3) is 0.941. The SMILES string of the molecule is CC(C)[C@H]1OCCC[C@H]1C(=O)N1CCC(N(C)CCO)CC1. The molecule has 2 saturated heterocycles. The van der Waals surface area contributed by atoms with Gasteiger partial charge in [0.15, 0.2) is 0 Å². The minimum Gasteiger partial charge on any atom is -0.395 e. The molecule has 22 heavy (non-hydrogen) atoms. The minimum atomic E-state index is 0.0421. The summed E-state index contributed by atoms with van der Waals surface area (Å²) in [4.78, 5) is 17.1. The van der Waals surface area contributed by atoms with Crippen LogP contribution in [0.3, 0.4) is 0 Å². The number of likely N-dealkylation sites (N-methyl/N-ethyl adjacent to an activating group) is 1. The number of hydrogen-bond donors (Lipinski definition) is 1. The molecule has 128 valence electrons. The molecule has 1 N–H and O–H groups in total. The lowest BCUT2D eigenvalue weighted by Crippen LogP contribution is -2.51. The van der Waals surface area contributed by atoms with E-state index in [1.165, 1.54) is 0 Å². The van der Waals surface area contributed by atoms with Gasteiger partial charge in [-0.15, -0.1) is 0 Å². The molecule has 1 amide bonds. The number of likely N-dealkylation sites (tertiary alicyclic amines) is 1. The highest BCUT2D eigenvalue weighted by Gasteiger charge is 2.37. The molecule has 0 aliphatic carbocycles. The van der Waals surface area contributed by atoms with Gasteiger partial charge < -0.3 is 19.6 Å². The normalized spacial score (nSPS) is 27.6.